The first-order valence-electron chi connectivity index (χ1n) is 7.08. The fraction of sp³-hybridized carbons (Fsp3) is 0.857. The number of alkyl carbamates (subject to hydrolysis) is 1. The molecular weight excluding hydrogens is 244 g/mol. The molecular formula is C14H28N2O3. The lowest BCUT2D eigenvalue weighted by molar-refractivity contribution is -0.121. The fourth-order valence-electron chi connectivity index (χ4n) is 1.48. The van der Waals surface area contributed by atoms with Gasteiger partial charge in [-0.1, -0.05) is 26.2 Å². The van der Waals surface area contributed by atoms with Crippen molar-refractivity contribution in [1.82, 2.24) is 10.6 Å². The maximum atomic E-state index is 11.4. The second-order valence-electron chi connectivity index (χ2n) is 5.59. The maximum absolute atomic E-state index is 11.4. The van der Waals surface area contributed by atoms with Crippen molar-refractivity contribution < 1.29 is 14.3 Å². The first-order chi connectivity index (χ1) is 8.85. The van der Waals surface area contributed by atoms with E-state index in [2.05, 4.69) is 17.6 Å². The van der Waals surface area contributed by atoms with Gasteiger partial charge in [0.15, 0.2) is 0 Å². The van der Waals surface area contributed by atoms with Gasteiger partial charge in [0, 0.05) is 19.5 Å². The molecule has 112 valence electrons. The SMILES string of the molecule is CCCCCCC(=O)NCCNC(=O)OC(C)(C)C. The van der Waals surface area contributed by atoms with Crippen molar-refractivity contribution in [2.75, 3.05) is 13.1 Å². The molecule has 0 saturated heterocycles. The molecule has 0 fully saturated rings. The zero-order valence-electron chi connectivity index (χ0n) is 12.7. The third-order valence-corrected chi connectivity index (χ3v) is 2.37. The Morgan fingerprint density at radius 3 is 2.21 bits per heavy atom. The van der Waals surface area contributed by atoms with Crippen LogP contribution in [0, 0.1) is 0 Å². The van der Waals surface area contributed by atoms with E-state index >= 15 is 0 Å². The Hall–Kier alpha value is -1.26. The van der Waals surface area contributed by atoms with E-state index in [9.17, 15) is 9.59 Å². The minimum Gasteiger partial charge on any atom is -0.444 e. The molecule has 0 atom stereocenters. The summed E-state index contributed by atoms with van der Waals surface area (Å²) in [4.78, 5) is 22.7. The van der Waals surface area contributed by atoms with Gasteiger partial charge in [-0.05, 0) is 27.2 Å². The van der Waals surface area contributed by atoms with E-state index in [4.69, 9.17) is 4.74 Å². The lowest BCUT2D eigenvalue weighted by Crippen LogP contribution is -2.37. The average molecular weight is 272 g/mol. The van der Waals surface area contributed by atoms with Crippen molar-refractivity contribution in [3.63, 3.8) is 0 Å². The molecule has 0 aliphatic rings. The molecule has 0 aliphatic heterocycles. The summed E-state index contributed by atoms with van der Waals surface area (Å²) in [5.74, 6) is 0.0436. The van der Waals surface area contributed by atoms with E-state index in [1.54, 1.807) is 0 Å². The van der Waals surface area contributed by atoms with Gasteiger partial charge in [0.1, 0.15) is 5.60 Å². The normalized spacial score (nSPS) is 10.9. The van der Waals surface area contributed by atoms with E-state index in [0.717, 1.165) is 12.8 Å². The molecule has 0 aromatic rings. The van der Waals surface area contributed by atoms with Crippen LogP contribution in [0.3, 0.4) is 0 Å². The average Bonchev–Trinajstić information content (AvgIpc) is 2.28. The molecule has 0 saturated carbocycles. The number of hydrogen-bond donors (Lipinski definition) is 2. The second kappa shape index (κ2) is 9.64. The standard InChI is InChI=1S/C14H28N2O3/c1-5-6-7-8-9-12(17)15-10-11-16-13(18)19-14(2,3)4/h5-11H2,1-4H3,(H,15,17)(H,16,18). The number of unbranched alkanes of at least 4 members (excludes halogenated alkanes) is 3. The molecule has 0 aliphatic carbocycles. The van der Waals surface area contributed by atoms with Gasteiger partial charge >= 0.3 is 6.09 Å². The van der Waals surface area contributed by atoms with Crippen molar-refractivity contribution in [3.05, 3.63) is 0 Å². The lowest BCUT2D eigenvalue weighted by Gasteiger charge is -2.19. The quantitative estimate of drug-likeness (QED) is 0.667. The Balaban J connectivity index is 3.48. The van der Waals surface area contributed by atoms with Gasteiger partial charge in [0.05, 0.1) is 0 Å². The van der Waals surface area contributed by atoms with E-state index in [-0.39, 0.29) is 5.91 Å². The molecule has 2 amide bonds. The number of amides is 2. The van der Waals surface area contributed by atoms with Crippen molar-refractivity contribution in [1.29, 1.82) is 0 Å². The van der Waals surface area contributed by atoms with Crippen molar-refractivity contribution in [2.45, 2.75) is 65.4 Å². The summed E-state index contributed by atoms with van der Waals surface area (Å²) in [5.41, 5.74) is -0.493. The van der Waals surface area contributed by atoms with Crippen LogP contribution in [0.25, 0.3) is 0 Å². The fourth-order valence-corrected chi connectivity index (χ4v) is 1.48. The lowest BCUT2D eigenvalue weighted by atomic mass is 10.1. The highest BCUT2D eigenvalue weighted by atomic mass is 16.6. The zero-order valence-corrected chi connectivity index (χ0v) is 12.7. The Kier molecular flexibility index (Phi) is 9.00. The molecule has 0 spiro atoms. The first-order valence-corrected chi connectivity index (χ1v) is 7.08. The van der Waals surface area contributed by atoms with Crippen LogP contribution in [0.2, 0.25) is 0 Å². The number of carbonyl (C=O) groups is 2. The number of ether oxygens (including phenoxy) is 1. The Bertz CT molecular complexity index is 272. The monoisotopic (exact) mass is 272 g/mol. The second-order valence-corrected chi connectivity index (χ2v) is 5.59. The van der Waals surface area contributed by atoms with E-state index < -0.39 is 11.7 Å². The summed E-state index contributed by atoms with van der Waals surface area (Å²) in [6.07, 6.45) is 4.48. The summed E-state index contributed by atoms with van der Waals surface area (Å²) >= 11 is 0. The van der Waals surface area contributed by atoms with Crippen molar-refractivity contribution in [2.24, 2.45) is 0 Å². The number of carbonyl (C=O) groups excluding carboxylic acids is 2. The van der Waals surface area contributed by atoms with Gasteiger partial charge in [-0.2, -0.15) is 0 Å². The number of rotatable bonds is 8. The maximum Gasteiger partial charge on any atom is 0.407 e. The first kappa shape index (κ1) is 17.7. The molecule has 0 radical (unpaired) electrons. The topological polar surface area (TPSA) is 67.4 Å². The summed E-state index contributed by atoms with van der Waals surface area (Å²) in [7, 11) is 0. The number of hydrogen-bond acceptors (Lipinski definition) is 3. The highest BCUT2D eigenvalue weighted by Crippen LogP contribution is 2.06. The molecule has 19 heavy (non-hydrogen) atoms. The Labute approximate surface area is 116 Å². The summed E-state index contributed by atoms with van der Waals surface area (Å²) in [6.45, 7) is 8.39. The minimum absolute atomic E-state index is 0.0436. The third kappa shape index (κ3) is 13.0. The van der Waals surface area contributed by atoms with Gasteiger partial charge in [0.2, 0.25) is 5.91 Å². The van der Waals surface area contributed by atoms with Gasteiger partial charge < -0.3 is 15.4 Å². The molecule has 0 rings (SSSR count). The van der Waals surface area contributed by atoms with Crippen LogP contribution in [0.5, 0.6) is 0 Å². The molecule has 5 heteroatoms. The molecule has 0 aromatic carbocycles. The molecule has 0 bridgehead atoms. The van der Waals surface area contributed by atoms with Crippen LogP contribution >= 0.6 is 0 Å². The van der Waals surface area contributed by atoms with Gasteiger partial charge in [-0.25, -0.2) is 4.79 Å². The van der Waals surface area contributed by atoms with Crippen LogP contribution in [-0.4, -0.2) is 30.7 Å². The van der Waals surface area contributed by atoms with Crippen LogP contribution in [0.1, 0.15) is 59.8 Å². The predicted octanol–water partition coefficient (Wildman–Crippen LogP) is 2.60. The van der Waals surface area contributed by atoms with Crippen LogP contribution in [0.4, 0.5) is 4.79 Å². The third-order valence-electron chi connectivity index (χ3n) is 2.37. The predicted molar refractivity (Wildman–Crippen MR) is 76.0 cm³/mol. The smallest absolute Gasteiger partial charge is 0.407 e. The summed E-state index contributed by atoms with van der Waals surface area (Å²) in [6, 6.07) is 0. The van der Waals surface area contributed by atoms with Crippen molar-refractivity contribution >= 4 is 12.0 Å². The highest BCUT2D eigenvalue weighted by molar-refractivity contribution is 5.75. The van der Waals surface area contributed by atoms with Gasteiger partial charge in [-0.15, -0.1) is 0 Å². The van der Waals surface area contributed by atoms with E-state index in [1.807, 2.05) is 20.8 Å². The van der Waals surface area contributed by atoms with E-state index in [1.165, 1.54) is 12.8 Å². The Morgan fingerprint density at radius 2 is 1.63 bits per heavy atom. The largest absolute Gasteiger partial charge is 0.444 e. The number of nitrogens with one attached hydrogen (secondary N) is 2. The van der Waals surface area contributed by atoms with Crippen LogP contribution in [0.15, 0.2) is 0 Å². The summed E-state index contributed by atoms with van der Waals surface area (Å²) in [5, 5.41) is 5.36. The molecule has 5 nitrogen and oxygen atoms in total. The summed E-state index contributed by atoms with van der Waals surface area (Å²) < 4.78 is 5.07. The van der Waals surface area contributed by atoms with Gasteiger partial charge in [0.25, 0.3) is 0 Å². The Morgan fingerprint density at radius 1 is 1.00 bits per heavy atom. The van der Waals surface area contributed by atoms with Crippen LogP contribution in [-0.2, 0) is 9.53 Å². The minimum atomic E-state index is -0.493. The van der Waals surface area contributed by atoms with E-state index in [0.29, 0.717) is 19.5 Å². The molecule has 2 N–H and O–H groups in total. The zero-order chi connectivity index (χ0) is 14.7. The van der Waals surface area contributed by atoms with Gasteiger partial charge in [-0.3, -0.25) is 4.79 Å². The molecule has 0 unspecified atom stereocenters. The van der Waals surface area contributed by atoms with Crippen molar-refractivity contribution in [3.8, 4) is 0 Å². The highest BCUT2D eigenvalue weighted by Gasteiger charge is 2.15. The van der Waals surface area contributed by atoms with Crippen LogP contribution < -0.4 is 10.6 Å². The molecule has 0 heterocycles. The molecule has 0 aromatic heterocycles.